The predicted molar refractivity (Wildman–Crippen MR) is 125 cm³/mol. The van der Waals surface area contributed by atoms with Crippen molar-refractivity contribution in [3.8, 4) is 22.8 Å². The molecular formula is C25H27NO13. The van der Waals surface area contributed by atoms with Crippen LogP contribution in [0, 0.1) is 0 Å². The van der Waals surface area contributed by atoms with Crippen LogP contribution in [0.3, 0.4) is 0 Å². The van der Waals surface area contributed by atoms with E-state index in [4.69, 9.17) is 42.4 Å². The van der Waals surface area contributed by atoms with Gasteiger partial charge in [0.05, 0.1) is 0 Å². The van der Waals surface area contributed by atoms with Gasteiger partial charge in [-0.05, 0) is 18.2 Å². The van der Waals surface area contributed by atoms with Crippen molar-refractivity contribution in [2.75, 3.05) is 13.4 Å². The van der Waals surface area contributed by atoms with Crippen molar-refractivity contribution in [1.29, 1.82) is 0 Å². The summed E-state index contributed by atoms with van der Waals surface area (Å²) in [7, 11) is 0. The second-order valence-corrected chi connectivity index (χ2v) is 8.63. The predicted octanol–water partition coefficient (Wildman–Crippen LogP) is 1.67. The van der Waals surface area contributed by atoms with Gasteiger partial charge in [-0.2, -0.15) is 0 Å². The third-order valence-corrected chi connectivity index (χ3v) is 5.57. The minimum absolute atomic E-state index is 0.132. The molecule has 5 atom stereocenters. The van der Waals surface area contributed by atoms with Gasteiger partial charge in [0.25, 0.3) is 0 Å². The Balaban J connectivity index is 1.55. The second kappa shape index (κ2) is 12.1. The number of carbonyl (C=O) groups excluding carboxylic acids is 4. The zero-order valence-electron chi connectivity index (χ0n) is 21.6. The Morgan fingerprint density at radius 3 is 2.21 bits per heavy atom. The van der Waals surface area contributed by atoms with E-state index in [0.717, 1.165) is 20.8 Å². The average molecular weight is 549 g/mol. The number of ether oxygens (including phenoxy) is 8. The van der Waals surface area contributed by atoms with Crippen LogP contribution in [-0.4, -0.2) is 73.1 Å². The molecule has 0 saturated carbocycles. The van der Waals surface area contributed by atoms with Gasteiger partial charge in [-0.25, -0.2) is 0 Å². The van der Waals surface area contributed by atoms with Crippen molar-refractivity contribution < 1.29 is 61.6 Å². The van der Waals surface area contributed by atoms with Crippen LogP contribution in [0.15, 0.2) is 28.8 Å². The van der Waals surface area contributed by atoms with Gasteiger partial charge >= 0.3 is 23.9 Å². The number of hydrogen-bond acceptors (Lipinski definition) is 14. The molecule has 1 saturated heterocycles. The molecule has 1 aromatic carbocycles. The smallest absolute Gasteiger partial charge is 0.303 e. The normalized spacial score (nSPS) is 23.5. The van der Waals surface area contributed by atoms with Gasteiger partial charge in [-0.1, -0.05) is 5.16 Å². The standard InChI is InChI=1S/C25H27NO13/c1-12(27)31-10-21-22(35-13(2)28)23(36-14(3)29)24(37-15(4)30)25(38-21)32-9-17-8-18(26-39-17)16-5-6-19-20(7-16)34-11-33-19/h5-8,21-25H,9-11H2,1-4H3/t21-,22-,23+,24-,25+/m1/s1. The molecule has 1 aromatic heterocycles. The van der Waals surface area contributed by atoms with Crippen LogP contribution in [0.1, 0.15) is 33.5 Å². The number of fused-ring (bicyclic) bond motifs is 1. The van der Waals surface area contributed by atoms with Gasteiger partial charge < -0.3 is 42.4 Å². The zero-order valence-corrected chi connectivity index (χ0v) is 21.6. The Bertz CT molecular complexity index is 1220. The summed E-state index contributed by atoms with van der Waals surface area (Å²) < 4.78 is 49.0. The maximum atomic E-state index is 11.9. The summed E-state index contributed by atoms with van der Waals surface area (Å²) in [6.45, 7) is 4.16. The molecule has 14 heteroatoms. The van der Waals surface area contributed by atoms with Crippen LogP contribution in [0.4, 0.5) is 0 Å². The molecule has 2 aromatic rings. The van der Waals surface area contributed by atoms with Crippen LogP contribution in [0.5, 0.6) is 11.5 Å². The highest BCUT2D eigenvalue weighted by Crippen LogP contribution is 2.36. The van der Waals surface area contributed by atoms with Crippen molar-refractivity contribution in [1.82, 2.24) is 5.16 Å². The van der Waals surface area contributed by atoms with E-state index in [1.807, 2.05) is 0 Å². The molecule has 39 heavy (non-hydrogen) atoms. The number of carbonyl (C=O) groups is 4. The van der Waals surface area contributed by atoms with Crippen molar-refractivity contribution in [2.45, 2.75) is 65.0 Å². The SMILES string of the molecule is CC(=O)OC[C@H]1O[C@H](OCc2cc(-c3ccc4c(c3)OCO4)no2)[C@H](OC(C)=O)[C@@H](OC(C)=O)[C@@H]1OC(C)=O. The highest BCUT2D eigenvalue weighted by Gasteiger charge is 2.52. The molecule has 0 aliphatic carbocycles. The van der Waals surface area contributed by atoms with Crippen molar-refractivity contribution >= 4 is 23.9 Å². The molecule has 0 unspecified atom stereocenters. The summed E-state index contributed by atoms with van der Waals surface area (Å²) in [6, 6.07) is 6.92. The van der Waals surface area contributed by atoms with Crippen molar-refractivity contribution in [3.63, 3.8) is 0 Å². The van der Waals surface area contributed by atoms with Gasteiger partial charge in [0.1, 0.15) is 25.0 Å². The highest BCUT2D eigenvalue weighted by atomic mass is 16.7. The Labute approximate surface area is 222 Å². The monoisotopic (exact) mass is 549 g/mol. The zero-order chi connectivity index (χ0) is 28.1. The summed E-state index contributed by atoms with van der Waals surface area (Å²) >= 11 is 0. The summed E-state index contributed by atoms with van der Waals surface area (Å²) in [4.78, 5) is 47.1. The fourth-order valence-corrected chi connectivity index (χ4v) is 4.06. The Morgan fingerprint density at radius 2 is 1.51 bits per heavy atom. The van der Waals surface area contributed by atoms with Gasteiger partial charge in [0.2, 0.25) is 6.79 Å². The number of esters is 4. The lowest BCUT2D eigenvalue weighted by Crippen LogP contribution is -2.62. The third-order valence-electron chi connectivity index (χ3n) is 5.57. The Kier molecular flexibility index (Phi) is 8.66. The van der Waals surface area contributed by atoms with Crippen LogP contribution >= 0.6 is 0 Å². The lowest BCUT2D eigenvalue weighted by Gasteiger charge is -2.43. The van der Waals surface area contributed by atoms with Crippen LogP contribution in [-0.2, 0) is 54.2 Å². The number of aromatic nitrogens is 1. The molecule has 0 N–H and O–H groups in total. The second-order valence-electron chi connectivity index (χ2n) is 8.63. The van der Waals surface area contributed by atoms with E-state index in [0.29, 0.717) is 22.8 Å². The van der Waals surface area contributed by atoms with Crippen LogP contribution < -0.4 is 9.47 Å². The molecular weight excluding hydrogens is 522 g/mol. The summed E-state index contributed by atoms with van der Waals surface area (Å²) in [5.41, 5.74) is 1.20. The van der Waals surface area contributed by atoms with Gasteiger partial charge in [0.15, 0.2) is 41.9 Å². The van der Waals surface area contributed by atoms with E-state index >= 15 is 0 Å². The number of benzene rings is 1. The van der Waals surface area contributed by atoms with Crippen molar-refractivity contribution in [3.05, 3.63) is 30.0 Å². The fourth-order valence-electron chi connectivity index (χ4n) is 4.06. The van der Waals surface area contributed by atoms with E-state index in [-0.39, 0.29) is 25.8 Å². The summed E-state index contributed by atoms with van der Waals surface area (Å²) in [5.74, 6) is -1.35. The Morgan fingerprint density at radius 1 is 0.846 bits per heavy atom. The summed E-state index contributed by atoms with van der Waals surface area (Å²) in [5, 5.41) is 4.04. The van der Waals surface area contributed by atoms with Crippen LogP contribution in [0.2, 0.25) is 0 Å². The van der Waals surface area contributed by atoms with Gasteiger partial charge in [0, 0.05) is 39.3 Å². The van der Waals surface area contributed by atoms with E-state index in [2.05, 4.69) is 5.16 Å². The first-order valence-electron chi connectivity index (χ1n) is 11.9. The molecule has 0 radical (unpaired) electrons. The first-order chi connectivity index (χ1) is 18.6. The number of rotatable bonds is 9. The van der Waals surface area contributed by atoms with E-state index in [9.17, 15) is 19.2 Å². The first-order valence-corrected chi connectivity index (χ1v) is 11.9. The largest absolute Gasteiger partial charge is 0.463 e. The molecule has 3 heterocycles. The lowest BCUT2D eigenvalue weighted by molar-refractivity contribution is -0.311. The average Bonchev–Trinajstić information content (AvgIpc) is 3.53. The molecule has 2 aliphatic heterocycles. The topological polar surface area (TPSA) is 168 Å². The minimum atomic E-state index is -1.35. The van der Waals surface area contributed by atoms with Crippen LogP contribution in [0.25, 0.3) is 11.3 Å². The first kappa shape index (κ1) is 27.9. The fraction of sp³-hybridized carbons (Fsp3) is 0.480. The Hall–Kier alpha value is -4.17. The maximum Gasteiger partial charge on any atom is 0.303 e. The van der Waals surface area contributed by atoms with E-state index in [1.165, 1.54) is 6.92 Å². The van der Waals surface area contributed by atoms with E-state index in [1.54, 1.807) is 24.3 Å². The third kappa shape index (κ3) is 7.03. The molecule has 14 nitrogen and oxygen atoms in total. The molecule has 2 aliphatic rings. The molecule has 0 bridgehead atoms. The molecule has 0 spiro atoms. The van der Waals surface area contributed by atoms with Gasteiger partial charge in [-0.3, -0.25) is 19.2 Å². The lowest BCUT2D eigenvalue weighted by atomic mass is 9.98. The maximum absolute atomic E-state index is 11.9. The van der Waals surface area contributed by atoms with Crippen molar-refractivity contribution in [2.24, 2.45) is 0 Å². The minimum Gasteiger partial charge on any atom is -0.463 e. The summed E-state index contributed by atoms with van der Waals surface area (Å²) in [6.07, 6.45) is -6.44. The number of nitrogens with zero attached hydrogens (tertiary/aromatic N) is 1. The van der Waals surface area contributed by atoms with E-state index < -0.39 is 54.6 Å². The van der Waals surface area contributed by atoms with Gasteiger partial charge in [-0.15, -0.1) is 0 Å². The quantitative estimate of drug-likeness (QED) is 0.327. The highest BCUT2D eigenvalue weighted by molar-refractivity contribution is 5.69. The molecule has 210 valence electrons. The number of hydrogen-bond donors (Lipinski definition) is 0. The molecule has 0 amide bonds. The molecule has 1 fully saturated rings. The molecule has 4 rings (SSSR count).